The van der Waals surface area contributed by atoms with Gasteiger partial charge in [0.2, 0.25) is 5.95 Å². The zero-order valence-corrected chi connectivity index (χ0v) is 12.9. The fourth-order valence-corrected chi connectivity index (χ4v) is 1.97. The van der Waals surface area contributed by atoms with Crippen LogP contribution in [-0.4, -0.2) is 55.6 Å². The topological polar surface area (TPSA) is 44.3 Å². The number of hydrogen-bond acceptors (Lipinski definition) is 5. The lowest BCUT2D eigenvalue weighted by Gasteiger charge is -2.22. The van der Waals surface area contributed by atoms with E-state index in [1.807, 2.05) is 20.2 Å². The quantitative estimate of drug-likeness (QED) is 0.767. The van der Waals surface area contributed by atoms with Gasteiger partial charge in [0.1, 0.15) is 0 Å². The van der Waals surface area contributed by atoms with Crippen molar-refractivity contribution in [1.29, 1.82) is 0 Å². The predicted octanol–water partition coefficient (Wildman–Crippen LogP) is 1.28. The molecule has 5 nitrogen and oxygen atoms in total. The van der Waals surface area contributed by atoms with E-state index in [0.29, 0.717) is 0 Å². The molecule has 0 spiro atoms. The molecule has 0 fully saturated rings. The van der Waals surface area contributed by atoms with E-state index >= 15 is 0 Å². The van der Waals surface area contributed by atoms with Crippen molar-refractivity contribution < 1.29 is 0 Å². The summed E-state index contributed by atoms with van der Waals surface area (Å²) in [5, 5.41) is 3.14. The Balaban J connectivity index is 2.67. The first-order valence-electron chi connectivity index (χ1n) is 6.95. The molecule has 1 rings (SSSR count). The van der Waals surface area contributed by atoms with Crippen LogP contribution in [0.3, 0.4) is 0 Å². The summed E-state index contributed by atoms with van der Waals surface area (Å²) in [5.74, 6) is 0.846. The molecule has 1 aromatic heterocycles. The van der Waals surface area contributed by atoms with Crippen LogP contribution in [0.15, 0.2) is 6.20 Å². The Morgan fingerprint density at radius 1 is 1.26 bits per heavy atom. The summed E-state index contributed by atoms with van der Waals surface area (Å²) >= 11 is 0. The Bertz CT molecular complexity index is 378. The molecular weight excluding hydrogens is 238 g/mol. The van der Waals surface area contributed by atoms with E-state index < -0.39 is 0 Å². The van der Waals surface area contributed by atoms with Gasteiger partial charge in [0.15, 0.2) is 0 Å². The van der Waals surface area contributed by atoms with Crippen molar-refractivity contribution in [1.82, 2.24) is 20.2 Å². The molecule has 0 aliphatic rings. The third kappa shape index (κ3) is 5.12. The van der Waals surface area contributed by atoms with Crippen LogP contribution in [0.4, 0.5) is 5.95 Å². The second-order valence-electron chi connectivity index (χ2n) is 5.05. The van der Waals surface area contributed by atoms with E-state index in [4.69, 9.17) is 0 Å². The average Bonchev–Trinajstić information content (AvgIpc) is 2.37. The van der Waals surface area contributed by atoms with Crippen molar-refractivity contribution >= 4 is 5.95 Å². The van der Waals surface area contributed by atoms with Gasteiger partial charge in [0.25, 0.3) is 0 Å². The van der Waals surface area contributed by atoms with Crippen molar-refractivity contribution in [3.05, 3.63) is 17.5 Å². The maximum Gasteiger partial charge on any atom is 0.225 e. The normalized spacial score (nSPS) is 11.1. The fraction of sp³-hybridized carbons (Fsp3) is 0.714. The van der Waals surface area contributed by atoms with Crippen LogP contribution in [0.2, 0.25) is 0 Å². The lowest BCUT2D eigenvalue weighted by molar-refractivity contribution is 0.400. The molecule has 1 N–H and O–H groups in total. The van der Waals surface area contributed by atoms with Crippen LogP contribution in [0.25, 0.3) is 0 Å². The zero-order chi connectivity index (χ0) is 14.3. The minimum atomic E-state index is 0.818. The molecule has 0 unspecified atom stereocenters. The SMILES string of the molecule is CCN(CCCN(C)C)c1ncc(CNC)c(C)n1. The number of hydrogen-bond donors (Lipinski definition) is 1. The molecule has 0 aliphatic heterocycles. The van der Waals surface area contributed by atoms with E-state index in [1.54, 1.807) is 0 Å². The third-order valence-corrected chi connectivity index (χ3v) is 3.13. The molecule has 0 bridgehead atoms. The van der Waals surface area contributed by atoms with Crippen molar-refractivity contribution in [2.45, 2.75) is 26.8 Å². The molecule has 1 aromatic rings. The van der Waals surface area contributed by atoms with Gasteiger partial charge < -0.3 is 15.1 Å². The Hall–Kier alpha value is -1.20. The lowest BCUT2D eigenvalue weighted by Crippen LogP contribution is -2.29. The summed E-state index contributed by atoms with van der Waals surface area (Å²) in [4.78, 5) is 13.6. The highest BCUT2D eigenvalue weighted by molar-refractivity contribution is 5.32. The molecule has 1 heterocycles. The molecule has 108 valence electrons. The first-order chi connectivity index (χ1) is 9.08. The second kappa shape index (κ2) is 8.07. The molecule has 0 amide bonds. The molecule has 0 aromatic carbocycles. The van der Waals surface area contributed by atoms with E-state index in [1.165, 1.54) is 0 Å². The summed E-state index contributed by atoms with van der Waals surface area (Å²) in [6.07, 6.45) is 3.06. The maximum atomic E-state index is 4.62. The number of anilines is 1. The third-order valence-electron chi connectivity index (χ3n) is 3.13. The Morgan fingerprint density at radius 3 is 2.53 bits per heavy atom. The largest absolute Gasteiger partial charge is 0.341 e. The first-order valence-corrected chi connectivity index (χ1v) is 6.95. The van der Waals surface area contributed by atoms with Gasteiger partial charge in [-0.2, -0.15) is 0 Å². The molecule has 0 saturated heterocycles. The summed E-state index contributed by atoms with van der Waals surface area (Å²) in [5.41, 5.74) is 2.22. The van der Waals surface area contributed by atoms with E-state index in [-0.39, 0.29) is 0 Å². The summed E-state index contributed by atoms with van der Waals surface area (Å²) in [6.45, 7) is 8.05. The monoisotopic (exact) mass is 265 g/mol. The van der Waals surface area contributed by atoms with Crippen LogP contribution in [0.1, 0.15) is 24.6 Å². The van der Waals surface area contributed by atoms with Gasteiger partial charge in [0, 0.05) is 37.1 Å². The van der Waals surface area contributed by atoms with Gasteiger partial charge in [-0.3, -0.25) is 0 Å². The molecule has 0 radical (unpaired) electrons. The highest BCUT2D eigenvalue weighted by atomic mass is 15.2. The zero-order valence-electron chi connectivity index (χ0n) is 12.9. The van der Waals surface area contributed by atoms with Gasteiger partial charge in [-0.1, -0.05) is 0 Å². The van der Waals surface area contributed by atoms with Gasteiger partial charge in [0.05, 0.1) is 0 Å². The van der Waals surface area contributed by atoms with Crippen molar-refractivity contribution in [2.24, 2.45) is 0 Å². The first kappa shape index (κ1) is 15.9. The second-order valence-corrected chi connectivity index (χ2v) is 5.05. The number of rotatable bonds is 8. The summed E-state index contributed by atoms with van der Waals surface area (Å²) in [6, 6.07) is 0. The van der Waals surface area contributed by atoms with Gasteiger partial charge in [-0.25, -0.2) is 9.97 Å². The minimum absolute atomic E-state index is 0.818. The minimum Gasteiger partial charge on any atom is -0.341 e. The van der Waals surface area contributed by atoms with E-state index in [0.717, 1.165) is 49.8 Å². The van der Waals surface area contributed by atoms with E-state index in [2.05, 4.69) is 46.1 Å². The highest BCUT2D eigenvalue weighted by Crippen LogP contribution is 2.11. The maximum absolute atomic E-state index is 4.62. The van der Waals surface area contributed by atoms with Crippen LogP contribution in [0.5, 0.6) is 0 Å². The standard InChI is InChI=1S/C14H27N5/c1-6-19(9-7-8-18(4)5)14-16-11-13(10-15-3)12(2)17-14/h11,15H,6-10H2,1-5H3. The Morgan fingerprint density at radius 2 is 2.00 bits per heavy atom. The van der Waals surface area contributed by atoms with Crippen LogP contribution in [-0.2, 0) is 6.54 Å². The van der Waals surface area contributed by atoms with Crippen molar-refractivity contribution in [2.75, 3.05) is 45.7 Å². The summed E-state index contributed by atoms with van der Waals surface area (Å²) in [7, 11) is 6.14. The van der Waals surface area contributed by atoms with E-state index in [9.17, 15) is 0 Å². The molecular formula is C14H27N5. The molecule has 5 heteroatoms. The highest BCUT2D eigenvalue weighted by Gasteiger charge is 2.09. The smallest absolute Gasteiger partial charge is 0.225 e. The average molecular weight is 265 g/mol. The Kier molecular flexibility index (Phi) is 6.73. The molecule has 0 aliphatic carbocycles. The van der Waals surface area contributed by atoms with Crippen LogP contribution in [0, 0.1) is 6.92 Å². The molecule has 0 saturated carbocycles. The van der Waals surface area contributed by atoms with Crippen molar-refractivity contribution in [3.8, 4) is 0 Å². The fourth-order valence-electron chi connectivity index (χ4n) is 1.97. The molecule has 19 heavy (non-hydrogen) atoms. The number of aryl methyl sites for hydroxylation is 1. The van der Waals surface area contributed by atoms with Gasteiger partial charge in [-0.05, 0) is 48.0 Å². The lowest BCUT2D eigenvalue weighted by atomic mass is 10.2. The number of nitrogens with one attached hydrogen (secondary N) is 1. The summed E-state index contributed by atoms with van der Waals surface area (Å²) < 4.78 is 0. The molecule has 0 atom stereocenters. The van der Waals surface area contributed by atoms with Crippen LogP contribution >= 0.6 is 0 Å². The van der Waals surface area contributed by atoms with Crippen LogP contribution < -0.4 is 10.2 Å². The predicted molar refractivity (Wildman–Crippen MR) is 80.6 cm³/mol. The van der Waals surface area contributed by atoms with Gasteiger partial charge in [-0.15, -0.1) is 0 Å². The number of nitrogens with zero attached hydrogens (tertiary/aromatic N) is 4. The van der Waals surface area contributed by atoms with Gasteiger partial charge >= 0.3 is 0 Å². The Labute approximate surface area is 117 Å². The number of aromatic nitrogens is 2. The van der Waals surface area contributed by atoms with Crippen molar-refractivity contribution in [3.63, 3.8) is 0 Å².